The van der Waals surface area contributed by atoms with E-state index in [1.54, 1.807) is 19.1 Å². The van der Waals surface area contributed by atoms with Crippen molar-refractivity contribution in [1.82, 2.24) is 4.90 Å². The van der Waals surface area contributed by atoms with Crippen LogP contribution in [0.2, 0.25) is 0 Å². The maximum atomic E-state index is 13.9. The molecule has 5 rings (SSSR count). The Balaban J connectivity index is 1.39. The van der Waals surface area contributed by atoms with Crippen LogP contribution in [0.3, 0.4) is 0 Å². The maximum absolute atomic E-state index is 13.9. The first-order chi connectivity index (χ1) is 18.6. The first-order valence-corrected chi connectivity index (χ1v) is 13.8. The van der Waals surface area contributed by atoms with Crippen LogP contribution in [-0.2, 0) is 16.1 Å². The van der Waals surface area contributed by atoms with Crippen molar-refractivity contribution < 1.29 is 28.5 Å². The number of hydrogen-bond donors (Lipinski definition) is 0. The minimum absolute atomic E-state index is 0.0259. The molecule has 1 unspecified atom stereocenters. The number of anilines is 1. The van der Waals surface area contributed by atoms with Crippen LogP contribution < -0.4 is 19.1 Å². The smallest absolute Gasteiger partial charge is 0.254 e. The Bertz CT molecular complexity index is 1110. The lowest BCUT2D eigenvalue weighted by Gasteiger charge is -2.30. The molecule has 1 aliphatic carbocycles. The highest BCUT2D eigenvalue weighted by molar-refractivity contribution is 5.99. The minimum Gasteiger partial charge on any atom is -0.493 e. The standard InChI is InChI=1S/C30H38N2O6/c1-35-26-16-21(17-27(36-2)29(26)38-20-25-12-7-15-37-25)19-32(23-9-3-4-10-23)30(34)22-8-5-11-24(18-22)31-14-6-13-28(31)33/h5,8,11,16-18,23,25H,3-4,6-7,9-10,12-15,19-20H2,1-2H3. The Kier molecular flexibility index (Phi) is 8.37. The topological polar surface area (TPSA) is 77.5 Å². The first-order valence-electron chi connectivity index (χ1n) is 13.8. The van der Waals surface area contributed by atoms with Gasteiger partial charge in [0.1, 0.15) is 6.61 Å². The van der Waals surface area contributed by atoms with E-state index in [-0.39, 0.29) is 24.0 Å². The largest absolute Gasteiger partial charge is 0.493 e. The minimum atomic E-state index is -0.0259. The highest BCUT2D eigenvalue weighted by atomic mass is 16.6. The van der Waals surface area contributed by atoms with Gasteiger partial charge in [-0.05, 0) is 68.0 Å². The molecule has 1 saturated carbocycles. The van der Waals surface area contributed by atoms with Crippen molar-refractivity contribution in [3.63, 3.8) is 0 Å². The van der Waals surface area contributed by atoms with E-state index in [0.29, 0.717) is 48.9 Å². The molecule has 0 aromatic heterocycles. The third kappa shape index (κ3) is 5.75. The molecule has 2 aromatic carbocycles. The predicted molar refractivity (Wildman–Crippen MR) is 144 cm³/mol. The highest BCUT2D eigenvalue weighted by Crippen LogP contribution is 2.40. The summed E-state index contributed by atoms with van der Waals surface area (Å²) < 4.78 is 23.2. The molecule has 3 aliphatic rings. The summed E-state index contributed by atoms with van der Waals surface area (Å²) in [5.41, 5.74) is 2.31. The molecule has 1 atom stereocenters. The van der Waals surface area contributed by atoms with Gasteiger partial charge in [-0.1, -0.05) is 18.9 Å². The molecule has 2 heterocycles. The predicted octanol–water partition coefficient (Wildman–Crippen LogP) is 4.97. The van der Waals surface area contributed by atoms with Crippen LogP contribution in [0, 0.1) is 0 Å². The molecule has 0 bridgehead atoms. The summed E-state index contributed by atoms with van der Waals surface area (Å²) >= 11 is 0. The number of methoxy groups -OCH3 is 2. The quantitative estimate of drug-likeness (QED) is 0.438. The average molecular weight is 523 g/mol. The number of rotatable bonds is 10. The molecular weight excluding hydrogens is 484 g/mol. The summed E-state index contributed by atoms with van der Waals surface area (Å²) in [6, 6.07) is 11.5. The molecule has 2 amide bonds. The van der Waals surface area contributed by atoms with Gasteiger partial charge in [-0.25, -0.2) is 0 Å². The van der Waals surface area contributed by atoms with Crippen molar-refractivity contribution in [2.24, 2.45) is 0 Å². The lowest BCUT2D eigenvalue weighted by atomic mass is 10.1. The van der Waals surface area contributed by atoms with E-state index in [4.69, 9.17) is 18.9 Å². The Hall–Kier alpha value is -3.26. The second-order valence-corrected chi connectivity index (χ2v) is 10.3. The van der Waals surface area contributed by atoms with E-state index in [2.05, 4.69) is 0 Å². The fraction of sp³-hybridized carbons (Fsp3) is 0.533. The van der Waals surface area contributed by atoms with Gasteiger partial charge in [0.25, 0.3) is 5.91 Å². The summed E-state index contributed by atoms with van der Waals surface area (Å²) in [7, 11) is 3.23. The van der Waals surface area contributed by atoms with E-state index < -0.39 is 0 Å². The van der Waals surface area contributed by atoms with Crippen molar-refractivity contribution in [3.8, 4) is 17.2 Å². The molecule has 204 valence electrons. The Morgan fingerprint density at radius 3 is 2.42 bits per heavy atom. The molecule has 8 nitrogen and oxygen atoms in total. The molecule has 8 heteroatoms. The van der Waals surface area contributed by atoms with E-state index in [0.717, 1.165) is 62.8 Å². The number of hydrogen-bond acceptors (Lipinski definition) is 6. The van der Waals surface area contributed by atoms with Crippen LogP contribution in [0.1, 0.15) is 67.3 Å². The fourth-order valence-electron chi connectivity index (χ4n) is 5.79. The fourth-order valence-corrected chi connectivity index (χ4v) is 5.79. The van der Waals surface area contributed by atoms with Crippen molar-refractivity contribution in [2.45, 2.75) is 70.1 Å². The average Bonchev–Trinajstić information content (AvgIpc) is 3.74. The number of benzene rings is 2. The van der Waals surface area contributed by atoms with Crippen LogP contribution in [0.25, 0.3) is 0 Å². The molecule has 0 spiro atoms. The molecular formula is C30H38N2O6. The van der Waals surface area contributed by atoms with Gasteiger partial charge in [0, 0.05) is 43.4 Å². The van der Waals surface area contributed by atoms with E-state index in [1.165, 1.54) is 0 Å². The lowest BCUT2D eigenvalue weighted by Crippen LogP contribution is -2.38. The van der Waals surface area contributed by atoms with Crippen LogP contribution in [0.15, 0.2) is 36.4 Å². The zero-order valence-corrected chi connectivity index (χ0v) is 22.4. The zero-order valence-electron chi connectivity index (χ0n) is 22.4. The van der Waals surface area contributed by atoms with Gasteiger partial charge in [0.05, 0.1) is 20.3 Å². The molecule has 2 saturated heterocycles. The van der Waals surface area contributed by atoms with Crippen LogP contribution in [0.5, 0.6) is 17.2 Å². The van der Waals surface area contributed by atoms with Crippen molar-refractivity contribution >= 4 is 17.5 Å². The van der Waals surface area contributed by atoms with Gasteiger partial charge < -0.3 is 28.7 Å². The molecule has 2 aromatic rings. The normalized spacial score (nSPS) is 19.7. The Morgan fingerprint density at radius 2 is 1.79 bits per heavy atom. The van der Waals surface area contributed by atoms with E-state index >= 15 is 0 Å². The maximum Gasteiger partial charge on any atom is 0.254 e. The second kappa shape index (κ2) is 12.1. The number of carbonyl (C=O) groups is 2. The first kappa shape index (κ1) is 26.4. The summed E-state index contributed by atoms with van der Waals surface area (Å²) in [5.74, 6) is 1.79. The molecule has 2 aliphatic heterocycles. The summed E-state index contributed by atoms with van der Waals surface area (Å²) in [6.07, 6.45) is 7.69. The molecule has 38 heavy (non-hydrogen) atoms. The van der Waals surface area contributed by atoms with E-state index in [9.17, 15) is 9.59 Å². The molecule has 0 radical (unpaired) electrons. The number of amides is 2. The summed E-state index contributed by atoms with van der Waals surface area (Å²) in [6.45, 7) is 2.33. The van der Waals surface area contributed by atoms with Crippen LogP contribution >= 0.6 is 0 Å². The zero-order chi connectivity index (χ0) is 26.5. The highest BCUT2D eigenvalue weighted by Gasteiger charge is 2.30. The SMILES string of the molecule is COc1cc(CN(C(=O)c2cccc(N3CCCC3=O)c2)C2CCCC2)cc(OC)c1OCC1CCCO1. The second-order valence-electron chi connectivity index (χ2n) is 10.3. The number of ether oxygens (including phenoxy) is 4. The Labute approximate surface area is 224 Å². The van der Waals surface area contributed by atoms with Gasteiger partial charge in [-0.15, -0.1) is 0 Å². The number of carbonyl (C=O) groups excluding carboxylic acids is 2. The number of nitrogens with zero attached hydrogens (tertiary/aromatic N) is 2. The monoisotopic (exact) mass is 522 g/mol. The van der Waals surface area contributed by atoms with E-state index in [1.807, 2.05) is 41.3 Å². The van der Waals surface area contributed by atoms with Crippen molar-refractivity contribution in [2.75, 3.05) is 38.9 Å². The van der Waals surface area contributed by atoms with Crippen LogP contribution in [-0.4, -0.2) is 62.8 Å². The van der Waals surface area contributed by atoms with Gasteiger partial charge in [0.15, 0.2) is 11.5 Å². The van der Waals surface area contributed by atoms with Gasteiger partial charge in [0.2, 0.25) is 11.7 Å². The Morgan fingerprint density at radius 1 is 1.03 bits per heavy atom. The molecule has 0 N–H and O–H groups in total. The third-order valence-electron chi connectivity index (χ3n) is 7.82. The third-order valence-corrected chi connectivity index (χ3v) is 7.82. The van der Waals surface area contributed by atoms with Crippen molar-refractivity contribution in [3.05, 3.63) is 47.5 Å². The van der Waals surface area contributed by atoms with Gasteiger partial charge in [-0.3, -0.25) is 9.59 Å². The van der Waals surface area contributed by atoms with Gasteiger partial charge in [-0.2, -0.15) is 0 Å². The lowest BCUT2D eigenvalue weighted by molar-refractivity contribution is -0.117. The summed E-state index contributed by atoms with van der Waals surface area (Å²) in [5, 5.41) is 0. The van der Waals surface area contributed by atoms with Crippen LogP contribution in [0.4, 0.5) is 5.69 Å². The molecule has 3 fully saturated rings. The summed E-state index contributed by atoms with van der Waals surface area (Å²) in [4.78, 5) is 30.0. The van der Waals surface area contributed by atoms with Gasteiger partial charge >= 0.3 is 0 Å². The van der Waals surface area contributed by atoms with Crippen molar-refractivity contribution in [1.29, 1.82) is 0 Å².